The third-order valence-electron chi connectivity index (χ3n) is 2.79. The first-order valence-corrected chi connectivity index (χ1v) is 7.48. The average molecular weight is 276 g/mol. The van der Waals surface area contributed by atoms with Gasteiger partial charge in [0.15, 0.2) is 0 Å². The molecule has 0 radical (unpaired) electrons. The van der Waals surface area contributed by atoms with Crippen LogP contribution in [-0.4, -0.2) is 11.6 Å². The van der Waals surface area contributed by atoms with Crippen LogP contribution in [-0.2, 0) is 6.42 Å². The highest BCUT2D eigenvalue weighted by molar-refractivity contribution is 7.09. The van der Waals surface area contributed by atoms with E-state index in [0.29, 0.717) is 0 Å². The van der Waals surface area contributed by atoms with E-state index in [1.165, 1.54) is 5.56 Å². The summed E-state index contributed by atoms with van der Waals surface area (Å²) >= 11 is 1.67. The second kappa shape index (κ2) is 6.68. The highest BCUT2D eigenvalue weighted by atomic mass is 32.1. The van der Waals surface area contributed by atoms with Gasteiger partial charge < -0.3 is 10.5 Å². The van der Waals surface area contributed by atoms with Crippen LogP contribution in [0.15, 0.2) is 29.6 Å². The largest absolute Gasteiger partial charge is 0.494 e. The summed E-state index contributed by atoms with van der Waals surface area (Å²) in [6.45, 7) is 4.83. The van der Waals surface area contributed by atoms with Crippen molar-refractivity contribution in [1.29, 1.82) is 0 Å². The third kappa shape index (κ3) is 4.04. The van der Waals surface area contributed by atoms with Crippen LogP contribution >= 0.6 is 11.3 Å². The summed E-state index contributed by atoms with van der Waals surface area (Å²) in [7, 11) is 0. The number of rotatable bonds is 6. The van der Waals surface area contributed by atoms with Crippen molar-refractivity contribution in [1.82, 2.24) is 4.98 Å². The number of aromatic nitrogens is 1. The summed E-state index contributed by atoms with van der Waals surface area (Å²) in [4.78, 5) is 4.54. The molecule has 3 nitrogen and oxygen atoms in total. The van der Waals surface area contributed by atoms with E-state index in [-0.39, 0.29) is 6.04 Å². The van der Waals surface area contributed by atoms with Crippen molar-refractivity contribution < 1.29 is 4.74 Å². The van der Waals surface area contributed by atoms with Gasteiger partial charge in [-0.2, -0.15) is 0 Å². The van der Waals surface area contributed by atoms with Gasteiger partial charge in [0.05, 0.1) is 17.3 Å². The molecule has 19 heavy (non-hydrogen) atoms. The normalized spacial score (nSPS) is 12.4. The lowest BCUT2D eigenvalue weighted by Crippen LogP contribution is -2.05. The smallest absolute Gasteiger partial charge is 0.119 e. The number of hydrogen-bond acceptors (Lipinski definition) is 4. The minimum absolute atomic E-state index is 0.00909. The third-order valence-corrected chi connectivity index (χ3v) is 3.65. The summed E-state index contributed by atoms with van der Waals surface area (Å²) in [6.07, 6.45) is 1.88. The van der Waals surface area contributed by atoms with Crippen molar-refractivity contribution in [2.45, 2.75) is 32.7 Å². The highest BCUT2D eigenvalue weighted by Crippen LogP contribution is 2.19. The Bertz CT molecular complexity index is 505. The van der Waals surface area contributed by atoms with Crippen LogP contribution < -0.4 is 10.5 Å². The molecule has 0 amide bonds. The Balaban J connectivity index is 1.98. The van der Waals surface area contributed by atoms with Crippen molar-refractivity contribution >= 4 is 11.3 Å². The average Bonchev–Trinajstić information content (AvgIpc) is 2.87. The van der Waals surface area contributed by atoms with E-state index in [1.54, 1.807) is 11.3 Å². The maximum atomic E-state index is 5.81. The molecule has 2 aromatic rings. The van der Waals surface area contributed by atoms with Crippen LogP contribution in [0.1, 0.15) is 42.6 Å². The van der Waals surface area contributed by atoms with Crippen molar-refractivity contribution in [3.05, 3.63) is 45.9 Å². The molecule has 0 aliphatic heterocycles. The molecule has 1 aromatic heterocycles. The fraction of sp³-hybridized carbons (Fsp3) is 0.400. The summed E-state index contributed by atoms with van der Waals surface area (Å²) in [5.41, 5.74) is 8.03. The molecular formula is C15H20N2OS. The van der Waals surface area contributed by atoms with Gasteiger partial charge in [-0.15, -0.1) is 11.3 Å². The molecule has 0 saturated heterocycles. The molecule has 0 spiro atoms. The Hall–Kier alpha value is -1.39. The second-order valence-corrected chi connectivity index (χ2v) is 5.57. The van der Waals surface area contributed by atoms with Gasteiger partial charge in [-0.1, -0.05) is 19.1 Å². The molecule has 0 saturated carbocycles. The van der Waals surface area contributed by atoms with E-state index in [2.05, 4.69) is 24.0 Å². The van der Waals surface area contributed by atoms with Gasteiger partial charge >= 0.3 is 0 Å². The van der Waals surface area contributed by atoms with E-state index in [4.69, 9.17) is 10.5 Å². The zero-order valence-corrected chi connectivity index (χ0v) is 12.2. The Kier molecular flexibility index (Phi) is 4.93. The zero-order chi connectivity index (χ0) is 13.7. The molecule has 0 fully saturated rings. The second-order valence-electron chi connectivity index (χ2n) is 4.62. The van der Waals surface area contributed by atoms with E-state index < -0.39 is 0 Å². The lowest BCUT2D eigenvalue weighted by atomic mass is 10.1. The predicted molar refractivity (Wildman–Crippen MR) is 79.8 cm³/mol. The van der Waals surface area contributed by atoms with Crippen LogP contribution in [0.2, 0.25) is 0 Å². The van der Waals surface area contributed by atoms with Crippen LogP contribution in [0.3, 0.4) is 0 Å². The number of ether oxygens (including phenoxy) is 1. The minimum Gasteiger partial charge on any atom is -0.494 e. The van der Waals surface area contributed by atoms with Crippen molar-refractivity contribution in [2.24, 2.45) is 5.73 Å². The first kappa shape index (κ1) is 14.0. The van der Waals surface area contributed by atoms with Crippen LogP contribution in [0, 0.1) is 0 Å². The van der Waals surface area contributed by atoms with Gasteiger partial charge in [-0.3, -0.25) is 0 Å². The molecule has 102 valence electrons. The number of nitrogens with zero attached hydrogens (tertiary/aromatic N) is 1. The molecule has 0 aliphatic carbocycles. The standard InChI is InChI=1S/C15H20N2OS/c1-3-8-18-13-6-4-12(5-7-13)9-15-17-14(10-19-15)11(2)16/h4-7,10-11H,3,8-9,16H2,1-2H3. The minimum atomic E-state index is 0.00909. The molecule has 2 N–H and O–H groups in total. The van der Waals surface area contributed by atoms with E-state index in [0.717, 1.165) is 35.9 Å². The first-order chi connectivity index (χ1) is 9.19. The van der Waals surface area contributed by atoms with Gasteiger partial charge in [0.25, 0.3) is 0 Å². The Morgan fingerprint density at radius 3 is 2.63 bits per heavy atom. The topological polar surface area (TPSA) is 48.1 Å². The zero-order valence-electron chi connectivity index (χ0n) is 11.4. The monoisotopic (exact) mass is 276 g/mol. The quantitative estimate of drug-likeness (QED) is 0.878. The Morgan fingerprint density at radius 1 is 1.32 bits per heavy atom. The Morgan fingerprint density at radius 2 is 2.05 bits per heavy atom. The molecule has 4 heteroatoms. The summed E-state index contributed by atoms with van der Waals surface area (Å²) in [5.74, 6) is 0.931. The number of hydrogen-bond donors (Lipinski definition) is 1. The van der Waals surface area contributed by atoms with Gasteiger partial charge in [0, 0.05) is 17.8 Å². The molecule has 0 aliphatic rings. The molecule has 1 heterocycles. The lowest BCUT2D eigenvalue weighted by Gasteiger charge is -2.05. The fourth-order valence-electron chi connectivity index (χ4n) is 1.71. The highest BCUT2D eigenvalue weighted by Gasteiger charge is 2.06. The van der Waals surface area contributed by atoms with Crippen LogP contribution in [0.5, 0.6) is 5.75 Å². The molecule has 2 rings (SSSR count). The molecule has 1 atom stereocenters. The first-order valence-electron chi connectivity index (χ1n) is 6.60. The number of nitrogens with two attached hydrogens (primary N) is 1. The molecule has 0 bridgehead atoms. The lowest BCUT2D eigenvalue weighted by molar-refractivity contribution is 0.317. The van der Waals surface area contributed by atoms with Gasteiger partial charge in [0.2, 0.25) is 0 Å². The molecular weight excluding hydrogens is 256 g/mol. The van der Waals surface area contributed by atoms with E-state index in [1.807, 2.05) is 24.4 Å². The number of thiazole rings is 1. The number of benzene rings is 1. The van der Waals surface area contributed by atoms with Gasteiger partial charge in [-0.05, 0) is 31.0 Å². The van der Waals surface area contributed by atoms with Gasteiger partial charge in [-0.25, -0.2) is 4.98 Å². The van der Waals surface area contributed by atoms with Crippen molar-refractivity contribution in [3.8, 4) is 5.75 Å². The van der Waals surface area contributed by atoms with Crippen molar-refractivity contribution in [3.63, 3.8) is 0 Å². The van der Waals surface area contributed by atoms with Gasteiger partial charge in [0.1, 0.15) is 5.75 Å². The van der Waals surface area contributed by atoms with E-state index >= 15 is 0 Å². The molecule has 1 unspecified atom stereocenters. The fourth-order valence-corrected chi connectivity index (χ4v) is 2.65. The van der Waals surface area contributed by atoms with Crippen molar-refractivity contribution in [2.75, 3.05) is 6.61 Å². The summed E-state index contributed by atoms with van der Waals surface area (Å²) < 4.78 is 5.57. The summed E-state index contributed by atoms with van der Waals surface area (Å²) in [6, 6.07) is 8.24. The summed E-state index contributed by atoms with van der Waals surface area (Å²) in [5, 5.41) is 3.15. The SMILES string of the molecule is CCCOc1ccc(Cc2nc(C(C)N)cs2)cc1. The predicted octanol–water partition coefficient (Wildman–Crippen LogP) is 3.54. The van der Waals surface area contributed by atoms with E-state index in [9.17, 15) is 0 Å². The Labute approximate surface area is 118 Å². The maximum Gasteiger partial charge on any atom is 0.119 e. The maximum absolute atomic E-state index is 5.81. The van der Waals surface area contributed by atoms with Crippen LogP contribution in [0.25, 0.3) is 0 Å². The van der Waals surface area contributed by atoms with Crippen LogP contribution in [0.4, 0.5) is 0 Å². The molecule has 1 aromatic carbocycles.